The molecular formula is C13H24N2O10S. The van der Waals surface area contributed by atoms with Crippen LogP contribution in [0.5, 0.6) is 0 Å². The van der Waals surface area contributed by atoms with Crippen molar-refractivity contribution in [1.29, 1.82) is 0 Å². The zero-order chi connectivity index (χ0) is 20.4. The summed E-state index contributed by atoms with van der Waals surface area (Å²) in [4.78, 5) is 46.0. The molecule has 0 heterocycles. The second kappa shape index (κ2) is 17.7. The van der Waals surface area contributed by atoms with E-state index in [0.717, 1.165) is 0 Å². The predicted molar refractivity (Wildman–Crippen MR) is 89.0 cm³/mol. The standard InChI is InChI=1S/C9H16N2O7S.C4H8O3/c12-7(13)3-1-5-17-9(16)10-11(19)18-6-2-4-8(14)15;5-3-1-2-4(6)7/h19H,1-6H2,(H,10,16)(H,12,13)(H,14,15);5H,1-3H2,(H,6,7). The fourth-order valence-electron chi connectivity index (χ4n) is 1.14. The van der Waals surface area contributed by atoms with E-state index in [2.05, 4.69) is 23.0 Å². The number of rotatable bonds is 13. The Kier molecular flexibility index (Phi) is 17.8. The second-order valence-electron chi connectivity index (χ2n) is 4.57. The lowest BCUT2D eigenvalue weighted by molar-refractivity contribution is -0.139. The number of hydrogen-bond acceptors (Lipinski definition) is 9. The quantitative estimate of drug-likeness (QED) is 0.142. The van der Waals surface area contributed by atoms with Gasteiger partial charge in [-0.3, -0.25) is 19.2 Å². The molecule has 0 bridgehead atoms. The first-order valence-corrected chi connectivity index (χ1v) is 7.90. The Morgan fingerprint density at radius 3 is 1.73 bits per heavy atom. The maximum Gasteiger partial charge on any atom is 0.424 e. The molecule has 13 heteroatoms. The van der Waals surface area contributed by atoms with Crippen molar-refractivity contribution < 1.29 is 49.2 Å². The normalized spacial score (nSPS) is 9.81. The van der Waals surface area contributed by atoms with Crippen molar-refractivity contribution in [1.82, 2.24) is 10.0 Å². The maximum atomic E-state index is 11.1. The minimum Gasteiger partial charge on any atom is -0.481 e. The number of carboxylic acids is 3. The number of carbonyl (C=O) groups excluding carboxylic acids is 1. The van der Waals surface area contributed by atoms with Gasteiger partial charge < -0.3 is 25.2 Å². The Morgan fingerprint density at radius 1 is 0.846 bits per heavy atom. The molecule has 0 atom stereocenters. The van der Waals surface area contributed by atoms with Crippen LogP contribution >= 0.6 is 12.8 Å². The van der Waals surface area contributed by atoms with Crippen LogP contribution in [0.4, 0.5) is 4.79 Å². The van der Waals surface area contributed by atoms with Crippen LogP contribution in [-0.2, 0) is 24.0 Å². The van der Waals surface area contributed by atoms with Gasteiger partial charge in [-0.1, -0.05) is 0 Å². The lowest BCUT2D eigenvalue weighted by Gasteiger charge is -2.15. The van der Waals surface area contributed by atoms with Gasteiger partial charge in [0.25, 0.3) is 0 Å². The van der Waals surface area contributed by atoms with Gasteiger partial charge in [-0.2, -0.15) is 0 Å². The number of carbonyl (C=O) groups is 4. The minimum atomic E-state index is -0.971. The number of hydrazine groups is 1. The van der Waals surface area contributed by atoms with E-state index in [1.165, 1.54) is 0 Å². The fourth-order valence-corrected chi connectivity index (χ4v) is 1.30. The Morgan fingerprint density at radius 2 is 1.31 bits per heavy atom. The summed E-state index contributed by atoms with van der Waals surface area (Å²) in [5, 5.41) is 32.7. The predicted octanol–water partition coefficient (Wildman–Crippen LogP) is 0.279. The molecule has 0 saturated carbocycles. The maximum absolute atomic E-state index is 11.1. The monoisotopic (exact) mass is 400 g/mol. The third kappa shape index (κ3) is 24.2. The summed E-state index contributed by atoms with van der Waals surface area (Å²) < 4.78 is 5.33. The molecule has 0 aliphatic rings. The molecule has 0 spiro atoms. The first-order valence-electron chi connectivity index (χ1n) is 7.50. The Hall–Kier alpha value is -2.09. The van der Waals surface area contributed by atoms with Crippen LogP contribution < -0.4 is 5.43 Å². The molecule has 1 amide bonds. The van der Waals surface area contributed by atoms with Gasteiger partial charge in [0.05, 0.1) is 13.2 Å². The highest BCUT2D eigenvalue weighted by Crippen LogP contribution is 1.97. The van der Waals surface area contributed by atoms with Crippen LogP contribution in [0, 0.1) is 0 Å². The molecule has 0 aliphatic heterocycles. The summed E-state index contributed by atoms with van der Waals surface area (Å²) in [6.07, 6.45) is -0.105. The molecule has 0 aromatic rings. The number of carboxylic acid groups (broad SMARTS) is 3. The number of amides is 1. The molecule has 0 saturated heterocycles. The number of nitrogens with zero attached hydrogens (tertiary/aromatic N) is 1. The summed E-state index contributed by atoms with van der Waals surface area (Å²) in [6.45, 7) is -0.0137. The van der Waals surface area contributed by atoms with E-state index in [4.69, 9.17) is 25.3 Å². The molecule has 0 aromatic carbocycles. The Balaban J connectivity index is 0. The highest BCUT2D eigenvalue weighted by atomic mass is 32.1. The molecule has 0 rings (SSSR count). The van der Waals surface area contributed by atoms with Gasteiger partial charge in [0.15, 0.2) is 0 Å². The molecule has 26 heavy (non-hydrogen) atoms. The zero-order valence-electron chi connectivity index (χ0n) is 14.0. The van der Waals surface area contributed by atoms with Gasteiger partial charge in [-0.05, 0) is 36.7 Å². The number of aliphatic hydroxyl groups excluding tert-OH is 1. The number of ether oxygens (including phenoxy) is 1. The van der Waals surface area contributed by atoms with Crippen molar-refractivity contribution >= 4 is 36.8 Å². The molecule has 5 N–H and O–H groups in total. The van der Waals surface area contributed by atoms with E-state index < -0.39 is 24.0 Å². The van der Waals surface area contributed by atoms with Crippen molar-refractivity contribution in [3.63, 3.8) is 0 Å². The smallest absolute Gasteiger partial charge is 0.424 e. The zero-order valence-corrected chi connectivity index (χ0v) is 14.9. The average Bonchev–Trinajstić information content (AvgIpc) is 2.54. The number of nitrogens with one attached hydrogen (secondary N) is 1. The van der Waals surface area contributed by atoms with Crippen molar-refractivity contribution in [3.05, 3.63) is 0 Å². The number of thiol groups is 1. The van der Waals surface area contributed by atoms with E-state index >= 15 is 0 Å². The van der Waals surface area contributed by atoms with E-state index in [0.29, 0.717) is 11.0 Å². The van der Waals surface area contributed by atoms with Crippen molar-refractivity contribution in [2.24, 2.45) is 0 Å². The molecule has 0 aromatic heterocycles. The average molecular weight is 400 g/mol. The Labute approximate surface area is 155 Å². The van der Waals surface area contributed by atoms with Crippen LogP contribution in [-0.4, -0.2) is 68.8 Å². The first-order chi connectivity index (χ1) is 12.2. The lowest BCUT2D eigenvalue weighted by atomic mass is 10.3. The van der Waals surface area contributed by atoms with E-state index in [1.54, 1.807) is 0 Å². The number of aliphatic hydroxyl groups is 1. The molecule has 0 aliphatic carbocycles. The summed E-state index contributed by atoms with van der Waals surface area (Å²) in [5.74, 6) is -2.77. The molecule has 0 fully saturated rings. The van der Waals surface area contributed by atoms with Gasteiger partial charge in [0.2, 0.25) is 0 Å². The molecule has 0 radical (unpaired) electrons. The van der Waals surface area contributed by atoms with Gasteiger partial charge in [0, 0.05) is 25.9 Å². The van der Waals surface area contributed by atoms with Gasteiger partial charge in [-0.15, -0.1) is 0 Å². The molecule has 152 valence electrons. The summed E-state index contributed by atoms with van der Waals surface area (Å²) in [7, 11) is 0. The largest absolute Gasteiger partial charge is 0.481 e. The summed E-state index contributed by atoms with van der Waals surface area (Å²) >= 11 is 3.73. The van der Waals surface area contributed by atoms with Crippen LogP contribution in [0.2, 0.25) is 0 Å². The van der Waals surface area contributed by atoms with Crippen molar-refractivity contribution in [2.75, 3.05) is 19.8 Å². The van der Waals surface area contributed by atoms with Gasteiger partial charge in [-0.25, -0.2) is 10.2 Å². The second-order valence-corrected chi connectivity index (χ2v) is 4.93. The van der Waals surface area contributed by atoms with E-state index in [-0.39, 0.29) is 51.9 Å². The third-order valence-corrected chi connectivity index (χ3v) is 2.47. The SMILES string of the molecule is O=C(O)CCCO.O=C(O)CCCOC(=O)NN(S)OCCCC(=O)O. The van der Waals surface area contributed by atoms with Crippen molar-refractivity contribution in [3.8, 4) is 0 Å². The molecule has 12 nitrogen and oxygen atoms in total. The fraction of sp³-hybridized carbons (Fsp3) is 0.692. The lowest BCUT2D eigenvalue weighted by Crippen LogP contribution is -2.36. The first kappa shape index (κ1) is 26.1. The highest BCUT2D eigenvalue weighted by molar-refractivity contribution is 7.77. The highest BCUT2D eigenvalue weighted by Gasteiger charge is 2.08. The van der Waals surface area contributed by atoms with Crippen LogP contribution in [0.25, 0.3) is 0 Å². The topological polar surface area (TPSA) is 183 Å². The molecular weight excluding hydrogens is 376 g/mol. The molecule has 0 unspecified atom stereocenters. The number of aliphatic carboxylic acids is 3. The van der Waals surface area contributed by atoms with Crippen LogP contribution in [0.15, 0.2) is 0 Å². The van der Waals surface area contributed by atoms with Gasteiger partial charge in [0.1, 0.15) is 0 Å². The number of hydrogen-bond donors (Lipinski definition) is 6. The van der Waals surface area contributed by atoms with Crippen LogP contribution in [0.1, 0.15) is 38.5 Å². The minimum absolute atomic E-state index is 0.0354. The Bertz CT molecular complexity index is 435. The summed E-state index contributed by atoms with van der Waals surface area (Å²) in [6, 6.07) is 0. The third-order valence-electron chi connectivity index (χ3n) is 2.25. The van der Waals surface area contributed by atoms with E-state index in [9.17, 15) is 19.2 Å². The summed E-state index contributed by atoms with van der Waals surface area (Å²) in [5.41, 5.74) is 2.08. The van der Waals surface area contributed by atoms with Crippen molar-refractivity contribution in [2.45, 2.75) is 38.5 Å². The van der Waals surface area contributed by atoms with Crippen LogP contribution in [0.3, 0.4) is 0 Å². The van der Waals surface area contributed by atoms with E-state index in [1.807, 2.05) is 0 Å². The van der Waals surface area contributed by atoms with Gasteiger partial charge >= 0.3 is 24.0 Å².